The van der Waals surface area contributed by atoms with E-state index >= 15 is 0 Å². The Morgan fingerprint density at radius 3 is 1.10 bits per heavy atom. The van der Waals surface area contributed by atoms with Gasteiger partial charge in [-0.15, -0.1) is 0 Å². The second kappa shape index (κ2) is 51.0. The number of ether oxygens (including phenoxy) is 2. The minimum Gasteiger partial charge on any atom is -0.462 e. The van der Waals surface area contributed by atoms with Crippen LogP contribution in [0.25, 0.3) is 0 Å². The van der Waals surface area contributed by atoms with Crippen molar-refractivity contribution >= 4 is 11.9 Å². The third kappa shape index (κ3) is 48.3. The van der Waals surface area contributed by atoms with E-state index in [9.17, 15) is 14.7 Å². The van der Waals surface area contributed by atoms with Gasteiger partial charge in [-0.1, -0.05) is 229 Å². The summed E-state index contributed by atoms with van der Waals surface area (Å²) < 4.78 is 10.7. The Labute approximate surface area is 372 Å². The third-order valence-electron chi connectivity index (χ3n) is 11.3. The van der Waals surface area contributed by atoms with Crippen LogP contribution in [-0.2, 0) is 19.1 Å². The lowest BCUT2D eigenvalue weighted by Crippen LogP contribution is -2.28. The molecule has 5 heteroatoms. The van der Waals surface area contributed by atoms with Gasteiger partial charge in [0.25, 0.3) is 0 Å². The first-order chi connectivity index (χ1) is 29.6. The molecule has 0 spiro atoms. The summed E-state index contributed by atoms with van der Waals surface area (Å²) in [6, 6.07) is 0. The van der Waals surface area contributed by atoms with E-state index in [1.807, 2.05) is 0 Å². The summed E-state index contributed by atoms with van der Waals surface area (Å²) in [4.78, 5) is 24.5. The molecule has 1 unspecified atom stereocenters. The van der Waals surface area contributed by atoms with Crippen LogP contribution in [0.3, 0.4) is 0 Å². The van der Waals surface area contributed by atoms with Gasteiger partial charge in [0.1, 0.15) is 6.61 Å². The quantitative estimate of drug-likeness (QED) is 0.0375. The third-order valence-corrected chi connectivity index (χ3v) is 11.3. The van der Waals surface area contributed by atoms with Gasteiger partial charge >= 0.3 is 11.9 Å². The van der Waals surface area contributed by atoms with Crippen molar-refractivity contribution < 1.29 is 24.2 Å². The van der Waals surface area contributed by atoms with Crippen molar-refractivity contribution in [1.82, 2.24) is 0 Å². The number of esters is 2. The van der Waals surface area contributed by atoms with E-state index in [1.54, 1.807) is 0 Å². The molecule has 0 aliphatic heterocycles. The molecule has 0 saturated heterocycles. The standard InChI is InChI=1S/C55H98O5/c1-3-5-7-9-11-13-15-17-19-21-23-25-27-29-31-33-35-37-39-41-43-45-47-49-54(57)59-52-53(51-56)60-55(58)50-48-46-44-42-40-38-36-34-32-30-28-26-24-22-20-18-16-14-12-10-8-6-4-2/h6,8,12,14,18,20-21,23-24,26,53,56H,3-5,7,9-11,13,15-17,19,22,25,27-52H2,1-2H3/b8-6-,14-12-,20-18-,23-21-,26-24-. The summed E-state index contributed by atoms with van der Waals surface area (Å²) in [6.45, 7) is 4.05. The minimum atomic E-state index is -0.776. The first-order valence-electron chi connectivity index (χ1n) is 25.8. The second-order valence-corrected chi connectivity index (χ2v) is 17.2. The second-order valence-electron chi connectivity index (χ2n) is 17.2. The lowest BCUT2D eigenvalue weighted by Gasteiger charge is -2.15. The number of carbonyl (C=O) groups is 2. The van der Waals surface area contributed by atoms with Gasteiger partial charge in [0.15, 0.2) is 6.10 Å². The van der Waals surface area contributed by atoms with Gasteiger partial charge in [-0.3, -0.25) is 9.59 Å². The average Bonchev–Trinajstić information content (AvgIpc) is 3.25. The number of rotatable bonds is 47. The Bertz CT molecular complexity index is 1040. The van der Waals surface area contributed by atoms with Gasteiger partial charge in [-0.05, 0) is 77.0 Å². The number of aliphatic hydroxyl groups is 1. The molecule has 5 nitrogen and oxygen atoms in total. The summed E-state index contributed by atoms with van der Waals surface area (Å²) in [5, 5.41) is 9.63. The molecule has 0 heterocycles. The first kappa shape index (κ1) is 57.6. The highest BCUT2D eigenvalue weighted by atomic mass is 16.6. The van der Waals surface area contributed by atoms with Crippen molar-refractivity contribution in [3.8, 4) is 0 Å². The van der Waals surface area contributed by atoms with Crippen molar-refractivity contribution in [2.75, 3.05) is 13.2 Å². The SMILES string of the molecule is CC/C=C\C/C=C\C/C=C\C/C=C\CCCCCCCCCCCCC(=O)OC(CO)COC(=O)CCCCCCCCCCCCC/C=C\CCCCCCCCCC. The van der Waals surface area contributed by atoms with Crippen LogP contribution >= 0.6 is 0 Å². The number of unbranched alkanes of at least 4 members (excludes halogenated alkanes) is 29. The Morgan fingerprint density at radius 2 is 0.717 bits per heavy atom. The molecule has 0 bridgehead atoms. The molecule has 0 aliphatic carbocycles. The molecule has 1 N–H and O–H groups in total. The van der Waals surface area contributed by atoms with Gasteiger partial charge in [-0.2, -0.15) is 0 Å². The largest absolute Gasteiger partial charge is 0.462 e. The predicted octanol–water partition coefficient (Wildman–Crippen LogP) is 17.1. The number of hydrogen-bond acceptors (Lipinski definition) is 5. The van der Waals surface area contributed by atoms with Crippen LogP contribution < -0.4 is 0 Å². The Hall–Kier alpha value is -2.40. The number of allylic oxidation sites excluding steroid dienone is 10. The fourth-order valence-electron chi connectivity index (χ4n) is 7.42. The summed E-state index contributed by atoms with van der Waals surface area (Å²) >= 11 is 0. The fourth-order valence-corrected chi connectivity index (χ4v) is 7.42. The van der Waals surface area contributed by atoms with E-state index in [-0.39, 0.29) is 25.2 Å². The maximum atomic E-state index is 12.3. The molecule has 0 radical (unpaired) electrons. The summed E-state index contributed by atoms with van der Waals surface area (Å²) in [5.74, 6) is -0.590. The molecule has 0 aromatic rings. The van der Waals surface area contributed by atoms with E-state index in [2.05, 4.69) is 74.6 Å². The molecule has 0 amide bonds. The van der Waals surface area contributed by atoms with Crippen molar-refractivity contribution in [3.63, 3.8) is 0 Å². The van der Waals surface area contributed by atoms with Crippen LogP contribution in [-0.4, -0.2) is 36.4 Å². The van der Waals surface area contributed by atoms with E-state index in [1.165, 1.54) is 167 Å². The highest BCUT2D eigenvalue weighted by Crippen LogP contribution is 2.15. The van der Waals surface area contributed by atoms with Crippen molar-refractivity contribution in [3.05, 3.63) is 60.8 Å². The van der Waals surface area contributed by atoms with Crippen LogP contribution in [0, 0.1) is 0 Å². The summed E-state index contributed by atoms with van der Waals surface area (Å²) in [5.41, 5.74) is 0. The van der Waals surface area contributed by atoms with Crippen LogP contribution in [0.5, 0.6) is 0 Å². The maximum Gasteiger partial charge on any atom is 0.306 e. The number of aliphatic hydroxyl groups excluding tert-OH is 1. The lowest BCUT2D eigenvalue weighted by atomic mass is 10.0. The smallest absolute Gasteiger partial charge is 0.306 e. The van der Waals surface area contributed by atoms with Gasteiger partial charge in [0.2, 0.25) is 0 Å². The molecule has 1 atom stereocenters. The van der Waals surface area contributed by atoms with E-state index in [0.717, 1.165) is 64.2 Å². The highest BCUT2D eigenvalue weighted by molar-refractivity contribution is 5.70. The van der Waals surface area contributed by atoms with Crippen LogP contribution in [0.15, 0.2) is 60.8 Å². The predicted molar refractivity (Wildman–Crippen MR) is 260 cm³/mol. The molecule has 0 fully saturated rings. The van der Waals surface area contributed by atoms with Crippen LogP contribution in [0.4, 0.5) is 0 Å². The van der Waals surface area contributed by atoms with Crippen molar-refractivity contribution in [1.29, 1.82) is 0 Å². The number of carbonyl (C=O) groups excluding carboxylic acids is 2. The molecule has 0 saturated carbocycles. The number of hydrogen-bond donors (Lipinski definition) is 1. The lowest BCUT2D eigenvalue weighted by molar-refractivity contribution is -0.161. The summed E-state index contributed by atoms with van der Waals surface area (Å²) in [6.07, 6.45) is 67.4. The van der Waals surface area contributed by atoms with Gasteiger partial charge in [0, 0.05) is 12.8 Å². The molecule has 0 aromatic carbocycles. The van der Waals surface area contributed by atoms with Crippen LogP contribution in [0.2, 0.25) is 0 Å². The average molecular weight is 839 g/mol. The van der Waals surface area contributed by atoms with E-state index in [4.69, 9.17) is 9.47 Å². The molecule has 0 aromatic heterocycles. The molecular weight excluding hydrogens is 741 g/mol. The van der Waals surface area contributed by atoms with Gasteiger partial charge < -0.3 is 14.6 Å². The van der Waals surface area contributed by atoms with E-state index in [0.29, 0.717) is 12.8 Å². The first-order valence-corrected chi connectivity index (χ1v) is 25.8. The molecule has 0 aliphatic rings. The van der Waals surface area contributed by atoms with Crippen molar-refractivity contribution in [2.45, 2.75) is 264 Å². The van der Waals surface area contributed by atoms with Gasteiger partial charge in [0.05, 0.1) is 6.61 Å². The fraction of sp³-hybridized carbons (Fsp3) is 0.782. The van der Waals surface area contributed by atoms with E-state index < -0.39 is 6.10 Å². The molecular formula is C55H98O5. The normalized spacial score (nSPS) is 12.7. The zero-order chi connectivity index (χ0) is 43.5. The van der Waals surface area contributed by atoms with Gasteiger partial charge in [-0.25, -0.2) is 0 Å². The zero-order valence-electron chi connectivity index (χ0n) is 39.7. The Balaban J connectivity index is 3.50. The zero-order valence-corrected chi connectivity index (χ0v) is 39.7. The summed E-state index contributed by atoms with van der Waals surface area (Å²) in [7, 11) is 0. The molecule has 0 rings (SSSR count). The van der Waals surface area contributed by atoms with Crippen molar-refractivity contribution in [2.24, 2.45) is 0 Å². The molecule has 348 valence electrons. The molecule has 60 heavy (non-hydrogen) atoms. The van der Waals surface area contributed by atoms with Crippen LogP contribution in [0.1, 0.15) is 258 Å². The maximum absolute atomic E-state index is 12.3. The monoisotopic (exact) mass is 839 g/mol. The Kier molecular flexibility index (Phi) is 48.9. The topological polar surface area (TPSA) is 72.8 Å². The Morgan fingerprint density at radius 1 is 0.400 bits per heavy atom. The highest BCUT2D eigenvalue weighted by Gasteiger charge is 2.16. The minimum absolute atomic E-state index is 0.0679.